The Labute approximate surface area is 126 Å². The van der Waals surface area contributed by atoms with Gasteiger partial charge in [0.1, 0.15) is 11.4 Å². The van der Waals surface area contributed by atoms with Crippen molar-refractivity contribution in [1.82, 2.24) is 14.5 Å². The third-order valence-corrected chi connectivity index (χ3v) is 3.77. The van der Waals surface area contributed by atoms with Gasteiger partial charge >= 0.3 is 6.09 Å². The number of imidazole rings is 1. The predicted molar refractivity (Wildman–Crippen MR) is 80.7 cm³/mol. The summed E-state index contributed by atoms with van der Waals surface area (Å²) in [6.07, 6.45) is 4.35. The van der Waals surface area contributed by atoms with Crippen molar-refractivity contribution in [2.24, 2.45) is 11.7 Å². The van der Waals surface area contributed by atoms with Crippen LogP contribution in [0.4, 0.5) is 4.79 Å². The van der Waals surface area contributed by atoms with E-state index in [4.69, 9.17) is 10.5 Å². The van der Waals surface area contributed by atoms with E-state index in [0.717, 1.165) is 18.8 Å². The van der Waals surface area contributed by atoms with Crippen molar-refractivity contribution in [2.45, 2.75) is 52.3 Å². The number of likely N-dealkylation sites (tertiary alicyclic amines) is 1. The molecule has 2 rings (SSSR count). The van der Waals surface area contributed by atoms with Crippen LogP contribution in [0.3, 0.4) is 0 Å². The lowest BCUT2D eigenvalue weighted by atomic mass is 9.99. The number of amides is 1. The summed E-state index contributed by atoms with van der Waals surface area (Å²) < 4.78 is 7.47. The second-order valence-electron chi connectivity index (χ2n) is 6.57. The molecule has 2 N–H and O–H groups in total. The van der Waals surface area contributed by atoms with Crippen LogP contribution in [0.1, 0.15) is 46.0 Å². The molecule has 1 fully saturated rings. The molecule has 1 saturated heterocycles. The molecule has 21 heavy (non-hydrogen) atoms. The van der Waals surface area contributed by atoms with Gasteiger partial charge in [0.05, 0.1) is 6.04 Å². The lowest BCUT2D eigenvalue weighted by Gasteiger charge is -2.25. The van der Waals surface area contributed by atoms with Crippen molar-refractivity contribution in [3.05, 3.63) is 18.2 Å². The fourth-order valence-electron chi connectivity index (χ4n) is 2.67. The van der Waals surface area contributed by atoms with Crippen molar-refractivity contribution in [2.75, 3.05) is 13.1 Å². The molecule has 1 aliphatic rings. The summed E-state index contributed by atoms with van der Waals surface area (Å²) in [4.78, 5) is 18.2. The summed E-state index contributed by atoms with van der Waals surface area (Å²) in [7, 11) is 0. The van der Waals surface area contributed by atoms with Gasteiger partial charge in [0.2, 0.25) is 0 Å². The van der Waals surface area contributed by atoms with Crippen LogP contribution in [0.25, 0.3) is 0 Å². The van der Waals surface area contributed by atoms with E-state index in [-0.39, 0.29) is 18.1 Å². The van der Waals surface area contributed by atoms with Crippen molar-refractivity contribution >= 4 is 6.09 Å². The first kappa shape index (κ1) is 15.8. The van der Waals surface area contributed by atoms with E-state index in [1.165, 1.54) is 0 Å². The first-order valence-corrected chi connectivity index (χ1v) is 7.56. The minimum atomic E-state index is -0.463. The van der Waals surface area contributed by atoms with Gasteiger partial charge in [0, 0.05) is 37.9 Å². The maximum absolute atomic E-state index is 12.1. The molecular formula is C15H26N4O2. The predicted octanol–water partition coefficient (Wildman–Crippen LogP) is 2.16. The van der Waals surface area contributed by atoms with Crippen LogP contribution in [0.15, 0.2) is 12.4 Å². The molecule has 2 heterocycles. The van der Waals surface area contributed by atoms with E-state index < -0.39 is 5.60 Å². The number of nitrogens with two attached hydrogens (primary N) is 1. The monoisotopic (exact) mass is 294 g/mol. The Balaban J connectivity index is 1.97. The molecular weight excluding hydrogens is 268 g/mol. The average molecular weight is 294 g/mol. The van der Waals surface area contributed by atoms with E-state index >= 15 is 0 Å². The highest BCUT2D eigenvalue weighted by atomic mass is 16.6. The Kier molecular flexibility index (Phi) is 4.56. The van der Waals surface area contributed by atoms with Crippen LogP contribution in [0.5, 0.6) is 0 Å². The van der Waals surface area contributed by atoms with E-state index in [2.05, 4.69) is 16.5 Å². The molecule has 0 spiro atoms. The van der Waals surface area contributed by atoms with Crippen LogP contribution >= 0.6 is 0 Å². The second-order valence-corrected chi connectivity index (χ2v) is 6.57. The van der Waals surface area contributed by atoms with Crippen molar-refractivity contribution in [3.8, 4) is 0 Å². The molecule has 0 aliphatic carbocycles. The van der Waals surface area contributed by atoms with Gasteiger partial charge in [-0.2, -0.15) is 0 Å². The molecule has 118 valence electrons. The van der Waals surface area contributed by atoms with Crippen LogP contribution in [-0.2, 0) is 11.3 Å². The Morgan fingerprint density at radius 2 is 2.29 bits per heavy atom. The second kappa shape index (κ2) is 6.05. The van der Waals surface area contributed by atoms with Crippen molar-refractivity contribution in [1.29, 1.82) is 0 Å². The number of hydrogen-bond acceptors (Lipinski definition) is 4. The molecule has 0 bridgehead atoms. The van der Waals surface area contributed by atoms with Gasteiger partial charge in [-0.3, -0.25) is 0 Å². The van der Waals surface area contributed by atoms with E-state index in [9.17, 15) is 4.79 Å². The van der Waals surface area contributed by atoms with Gasteiger partial charge in [0.15, 0.2) is 0 Å². The highest BCUT2D eigenvalue weighted by Crippen LogP contribution is 2.28. The van der Waals surface area contributed by atoms with Crippen LogP contribution in [-0.4, -0.2) is 39.2 Å². The van der Waals surface area contributed by atoms with Crippen LogP contribution < -0.4 is 5.73 Å². The summed E-state index contributed by atoms with van der Waals surface area (Å²) in [5, 5.41) is 0. The zero-order valence-electron chi connectivity index (χ0n) is 13.4. The molecule has 0 saturated carbocycles. The normalized spacial score (nSPS) is 20.6. The average Bonchev–Trinajstić information content (AvgIpc) is 3.05. The Morgan fingerprint density at radius 3 is 2.90 bits per heavy atom. The number of aryl methyl sites for hydroxylation is 1. The summed E-state index contributed by atoms with van der Waals surface area (Å²) in [5.41, 5.74) is 5.89. The van der Waals surface area contributed by atoms with Crippen LogP contribution in [0, 0.1) is 5.92 Å². The molecule has 2 atom stereocenters. The van der Waals surface area contributed by atoms with Crippen molar-refractivity contribution < 1.29 is 9.53 Å². The van der Waals surface area contributed by atoms with E-state index in [1.807, 2.05) is 27.0 Å². The standard InChI is InChI=1S/C15H26N4O2/c1-5-18-9-7-17-13(18)12(16)11-6-8-19(10-11)14(20)21-15(2,3)4/h7,9,11-12H,5-6,8,10,16H2,1-4H3. The summed E-state index contributed by atoms with van der Waals surface area (Å²) >= 11 is 0. The maximum Gasteiger partial charge on any atom is 0.410 e. The number of rotatable bonds is 3. The van der Waals surface area contributed by atoms with Gasteiger partial charge in [0.25, 0.3) is 0 Å². The summed E-state index contributed by atoms with van der Waals surface area (Å²) in [6, 6.07) is -0.146. The first-order chi connectivity index (χ1) is 9.81. The Hall–Kier alpha value is -1.56. The zero-order chi connectivity index (χ0) is 15.6. The quantitative estimate of drug-likeness (QED) is 0.927. The van der Waals surface area contributed by atoms with E-state index in [1.54, 1.807) is 11.1 Å². The molecule has 0 radical (unpaired) electrons. The minimum Gasteiger partial charge on any atom is -0.444 e. The van der Waals surface area contributed by atoms with Gasteiger partial charge in [-0.25, -0.2) is 9.78 Å². The molecule has 1 aliphatic heterocycles. The number of carbonyl (C=O) groups excluding carboxylic acids is 1. The molecule has 0 aromatic carbocycles. The SMILES string of the molecule is CCn1ccnc1C(N)C1CCN(C(=O)OC(C)(C)C)C1. The minimum absolute atomic E-state index is 0.146. The van der Waals surface area contributed by atoms with Gasteiger partial charge in [-0.05, 0) is 34.1 Å². The van der Waals surface area contributed by atoms with E-state index in [0.29, 0.717) is 13.1 Å². The zero-order valence-corrected chi connectivity index (χ0v) is 13.4. The van der Waals surface area contributed by atoms with Gasteiger partial charge in [-0.1, -0.05) is 0 Å². The fraction of sp³-hybridized carbons (Fsp3) is 0.733. The largest absolute Gasteiger partial charge is 0.444 e. The Bertz CT molecular complexity index is 492. The summed E-state index contributed by atoms with van der Waals surface area (Å²) in [6.45, 7) is 9.88. The van der Waals surface area contributed by atoms with Gasteiger partial charge in [-0.15, -0.1) is 0 Å². The highest BCUT2D eigenvalue weighted by molar-refractivity contribution is 5.68. The fourth-order valence-corrected chi connectivity index (χ4v) is 2.67. The lowest BCUT2D eigenvalue weighted by molar-refractivity contribution is 0.0286. The smallest absolute Gasteiger partial charge is 0.410 e. The highest BCUT2D eigenvalue weighted by Gasteiger charge is 2.34. The van der Waals surface area contributed by atoms with Crippen LogP contribution in [0.2, 0.25) is 0 Å². The number of nitrogens with zero attached hydrogens (tertiary/aromatic N) is 3. The lowest BCUT2D eigenvalue weighted by Crippen LogP contribution is -2.36. The maximum atomic E-state index is 12.1. The molecule has 6 heteroatoms. The topological polar surface area (TPSA) is 73.4 Å². The number of hydrogen-bond donors (Lipinski definition) is 1. The first-order valence-electron chi connectivity index (χ1n) is 7.56. The number of carbonyl (C=O) groups is 1. The molecule has 1 aromatic heterocycles. The number of aromatic nitrogens is 2. The summed E-state index contributed by atoms with van der Waals surface area (Å²) in [5.74, 6) is 1.12. The van der Waals surface area contributed by atoms with Gasteiger partial charge < -0.3 is 19.9 Å². The number of ether oxygens (including phenoxy) is 1. The molecule has 1 aromatic rings. The third kappa shape index (κ3) is 3.75. The molecule has 2 unspecified atom stereocenters. The molecule has 1 amide bonds. The third-order valence-electron chi connectivity index (χ3n) is 3.77. The molecule has 6 nitrogen and oxygen atoms in total. The van der Waals surface area contributed by atoms with Crippen molar-refractivity contribution in [3.63, 3.8) is 0 Å². The Morgan fingerprint density at radius 1 is 1.57 bits per heavy atom.